The topological polar surface area (TPSA) is 106 Å². The predicted molar refractivity (Wildman–Crippen MR) is 132 cm³/mol. The maximum atomic E-state index is 12.5. The quantitative estimate of drug-likeness (QED) is 0.565. The van der Waals surface area contributed by atoms with E-state index in [0.717, 1.165) is 49.7 Å². The van der Waals surface area contributed by atoms with E-state index in [2.05, 4.69) is 36.6 Å². The fourth-order valence-electron chi connectivity index (χ4n) is 4.70. The maximum absolute atomic E-state index is 12.5. The first-order valence-electron chi connectivity index (χ1n) is 11.6. The van der Waals surface area contributed by atoms with Crippen molar-refractivity contribution in [2.45, 2.75) is 71.6 Å². The van der Waals surface area contributed by atoms with E-state index < -0.39 is 0 Å². The molecule has 8 heteroatoms. The zero-order chi connectivity index (χ0) is 23.5. The standard InChI is InChI=1S/C25H28N4O2S2/c1-14-6-8-16-18(12-26)24(32-20(16)10-14)28-22(30)4-3-5-23(31)29-25-19(13-27)17-9-7-15(2)11-21(17)33-25/h14-15H,3-11H2,1-2H3,(H,28,30)(H,29,31). The van der Waals surface area contributed by atoms with E-state index in [9.17, 15) is 20.1 Å². The van der Waals surface area contributed by atoms with Crippen molar-refractivity contribution >= 4 is 44.5 Å². The summed E-state index contributed by atoms with van der Waals surface area (Å²) in [4.78, 5) is 27.4. The van der Waals surface area contributed by atoms with Gasteiger partial charge in [-0.2, -0.15) is 10.5 Å². The number of carbonyl (C=O) groups is 2. The van der Waals surface area contributed by atoms with Crippen molar-refractivity contribution in [2.75, 3.05) is 10.6 Å². The van der Waals surface area contributed by atoms with Gasteiger partial charge in [-0.25, -0.2) is 0 Å². The normalized spacial score (nSPS) is 19.0. The average Bonchev–Trinajstić information content (AvgIpc) is 3.28. The highest BCUT2D eigenvalue weighted by molar-refractivity contribution is 7.17. The fraction of sp³-hybridized carbons (Fsp3) is 0.520. The Labute approximate surface area is 202 Å². The molecule has 2 heterocycles. The molecule has 0 radical (unpaired) electrons. The predicted octanol–water partition coefficient (Wildman–Crippen LogP) is 5.55. The minimum atomic E-state index is -0.177. The Hall–Kier alpha value is -2.68. The molecular weight excluding hydrogens is 452 g/mol. The molecule has 0 bridgehead atoms. The number of fused-ring (bicyclic) bond motifs is 2. The Balaban J connectivity index is 1.30. The maximum Gasteiger partial charge on any atom is 0.225 e. The van der Waals surface area contributed by atoms with Crippen LogP contribution in [0.5, 0.6) is 0 Å². The lowest BCUT2D eigenvalue weighted by molar-refractivity contribution is -0.117. The van der Waals surface area contributed by atoms with Crippen LogP contribution >= 0.6 is 22.7 Å². The molecule has 0 fully saturated rings. The lowest BCUT2D eigenvalue weighted by Gasteiger charge is -2.17. The van der Waals surface area contributed by atoms with Crippen LogP contribution in [0.15, 0.2) is 0 Å². The molecule has 2 amide bonds. The molecule has 2 N–H and O–H groups in total. The second-order valence-electron chi connectivity index (χ2n) is 9.29. The van der Waals surface area contributed by atoms with Crippen molar-refractivity contribution in [2.24, 2.45) is 11.8 Å². The van der Waals surface area contributed by atoms with Crippen molar-refractivity contribution in [3.63, 3.8) is 0 Å². The van der Waals surface area contributed by atoms with E-state index >= 15 is 0 Å². The van der Waals surface area contributed by atoms with Crippen LogP contribution in [-0.2, 0) is 35.3 Å². The summed E-state index contributed by atoms with van der Waals surface area (Å²) in [6.07, 6.45) is 6.67. The molecule has 2 aromatic rings. The van der Waals surface area contributed by atoms with Crippen LogP contribution in [0.25, 0.3) is 0 Å². The van der Waals surface area contributed by atoms with Gasteiger partial charge in [0.2, 0.25) is 11.8 Å². The van der Waals surface area contributed by atoms with Gasteiger partial charge < -0.3 is 10.6 Å². The molecule has 2 aliphatic carbocycles. The average molecular weight is 481 g/mol. The van der Waals surface area contributed by atoms with Crippen LogP contribution < -0.4 is 10.6 Å². The van der Waals surface area contributed by atoms with Gasteiger partial charge in [0.15, 0.2) is 0 Å². The molecule has 172 valence electrons. The number of hydrogen-bond acceptors (Lipinski definition) is 6. The summed E-state index contributed by atoms with van der Waals surface area (Å²) in [6.45, 7) is 4.42. The molecule has 0 saturated heterocycles. The Kier molecular flexibility index (Phi) is 7.17. The first-order chi connectivity index (χ1) is 15.9. The molecule has 2 aliphatic rings. The number of nitrogens with one attached hydrogen (secondary N) is 2. The molecule has 6 nitrogen and oxygen atoms in total. The Morgan fingerprint density at radius 3 is 1.67 bits per heavy atom. The molecule has 0 aliphatic heterocycles. The van der Waals surface area contributed by atoms with Crippen LogP contribution in [0.2, 0.25) is 0 Å². The highest BCUT2D eigenvalue weighted by Crippen LogP contribution is 2.40. The van der Waals surface area contributed by atoms with E-state index in [1.165, 1.54) is 32.4 Å². The summed E-state index contributed by atoms with van der Waals surface area (Å²) in [6, 6.07) is 4.53. The molecular formula is C25H28N4O2S2. The minimum absolute atomic E-state index is 0.177. The van der Waals surface area contributed by atoms with Gasteiger partial charge in [0.05, 0.1) is 11.1 Å². The molecule has 0 aromatic carbocycles. The van der Waals surface area contributed by atoms with Crippen LogP contribution in [0.4, 0.5) is 10.0 Å². The third-order valence-electron chi connectivity index (χ3n) is 6.56. The van der Waals surface area contributed by atoms with E-state index in [4.69, 9.17) is 0 Å². The van der Waals surface area contributed by atoms with Crippen molar-refractivity contribution in [3.05, 3.63) is 32.0 Å². The lowest BCUT2D eigenvalue weighted by atomic mass is 9.88. The van der Waals surface area contributed by atoms with Gasteiger partial charge in [0.25, 0.3) is 0 Å². The number of amides is 2. The number of thiophene rings is 2. The zero-order valence-electron chi connectivity index (χ0n) is 19.0. The largest absolute Gasteiger partial charge is 0.317 e. The van der Waals surface area contributed by atoms with E-state index in [1.807, 2.05) is 0 Å². The Morgan fingerprint density at radius 2 is 1.27 bits per heavy atom. The number of rotatable bonds is 6. The first kappa shape index (κ1) is 23.5. The SMILES string of the molecule is CC1CCc2c(sc(NC(=O)CCCC(=O)Nc3sc4c(c3C#N)CCC(C)C4)c2C#N)C1. The molecule has 33 heavy (non-hydrogen) atoms. The minimum Gasteiger partial charge on any atom is -0.317 e. The highest BCUT2D eigenvalue weighted by atomic mass is 32.1. The lowest BCUT2D eigenvalue weighted by Crippen LogP contribution is -2.15. The van der Waals surface area contributed by atoms with Gasteiger partial charge >= 0.3 is 0 Å². The van der Waals surface area contributed by atoms with E-state index in [1.54, 1.807) is 0 Å². The number of nitriles is 2. The van der Waals surface area contributed by atoms with Gasteiger partial charge in [0, 0.05) is 22.6 Å². The summed E-state index contributed by atoms with van der Waals surface area (Å²) >= 11 is 3.03. The molecule has 2 atom stereocenters. The van der Waals surface area contributed by atoms with Gasteiger partial charge in [-0.15, -0.1) is 22.7 Å². The van der Waals surface area contributed by atoms with Crippen LogP contribution in [0.3, 0.4) is 0 Å². The summed E-state index contributed by atoms with van der Waals surface area (Å²) in [5.74, 6) is 0.848. The molecule has 0 saturated carbocycles. The second-order valence-corrected chi connectivity index (χ2v) is 11.5. The summed E-state index contributed by atoms with van der Waals surface area (Å²) < 4.78 is 0. The Bertz CT molecular complexity index is 1070. The van der Waals surface area contributed by atoms with Crippen molar-refractivity contribution in [3.8, 4) is 12.1 Å². The van der Waals surface area contributed by atoms with Crippen molar-refractivity contribution in [1.82, 2.24) is 0 Å². The van der Waals surface area contributed by atoms with E-state index in [0.29, 0.717) is 39.4 Å². The Morgan fingerprint density at radius 1 is 0.848 bits per heavy atom. The van der Waals surface area contributed by atoms with Crippen LogP contribution in [0, 0.1) is 34.5 Å². The molecule has 2 unspecified atom stereocenters. The number of nitrogens with zero attached hydrogens (tertiary/aromatic N) is 2. The molecule has 0 spiro atoms. The monoisotopic (exact) mass is 480 g/mol. The second kappa shape index (κ2) is 10.1. The third-order valence-corrected chi connectivity index (χ3v) is 8.90. The fourth-order valence-corrected chi connectivity index (χ4v) is 7.46. The number of hydrogen-bond donors (Lipinski definition) is 2. The number of carbonyl (C=O) groups excluding carboxylic acids is 2. The first-order valence-corrected chi connectivity index (χ1v) is 13.2. The molecule has 4 rings (SSSR count). The highest BCUT2D eigenvalue weighted by Gasteiger charge is 2.26. The van der Waals surface area contributed by atoms with Crippen molar-refractivity contribution < 1.29 is 9.59 Å². The van der Waals surface area contributed by atoms with Gasteiger partial charge in [-0.1, -0.05) is 13.8 Å². The zero-order valence-corrected chi connectivity index (χ0v) is 20.7. The smallest absolute Gasteiger partial charge is 0.225 e. The van der Waals surface area contributed by atoms with Crippen LogP contribution in [-0.4, -0.2) is 11.8 Å². The van der Waals surface area contributed by atoms with Gasteiger partial charge in [-0.05, 0) is 67.9 Å². The number of anilines is 2. The van der Waals surface area contributed by atoms with Gasteiger partial charge in [0.1, 0.15) is 22.1 Å². The summed E-state index contributed by atoms with van der Waals surface area (Å²) in [5, 5.41) is 26.2. The third kappa shape index (κ3) is 5.13. The van der Waals surface area contributed by atoms with Crippen molar-refractivity contribution in [1.29, 1.82) is 10.5 Å². The summed E-state index contributed by atoms with van der Waals surface area (Å²) in [7, 11) is 0. The van der Waals surface area contributed by atoms with Crippen LogP contribution in [0.1, 0.15) is 78.0 Å². The van der Waals surface area contributed by atoms with Gasteiger partial charge in [-0.3, -0.25) is 9.59 Å². The van der Waals surface area contributed by atoms with E-state index in [-0.39, 0.29) is 24.7 Å². The summed E-state index contributed by atoms with van der Waals surface area (Å²) in [5.41, 5.74) is 3.40. The molecule has 2 aromatic heterocycles.